The molecule has 0 aliphatic rings. The second-order valence-electron chi connectivity index (χ2n) is 8.62. The smallest absolute Gasteiger partial charge is 0.406 e. The molecule has 7 nitrogen and oxygen atoms in total. The number of nitrogens with zero attached hydrogens (tertiary/aromatic N) is 3. The maximum Gasteiger partial charge on any atom is 0.573 e. The van der Waals surface area contributed by atoms with Crippen LogP contribution in [0.2, 0.25) is 0 Å². The molecule has 0 unspecified atom stereocenters. The lowest BCUT2D eigenvalue weighted by atomic mass is 9.85. The normalized spacial score (nSPS) is 12.1. The summed E-state index contributed by atoms with van der Waals surface area (Å²) in [6.45, 7) is 4.15. The van der Waals surface area contributed by atoms with E-state index in [1.165, 1.54) is 22.8 Å². The summed E-state index contributed by atoms with van der Waals surface area (Å²) in [5.74, 6) is -0.0294. The molecule has 0 saturated heterocycles. The number of benzene rings is 2. The van der Waals surface area contributed by atoms with Crippen molar-refractivity contribution in [3.05, 3.63) is 88.3 Å². The molecule has 2 aromatic heterocycles. The van der Waals surface area contributed by atoms with E-state index in [1.54, 1.807) is 12.3 Å². The van der Waals surface area contributed by atoms with Gasteiger partial charge >= 0.3 is 6.36 Å². The Morgan fingerprint density at radius 3 is 2.43 bits per heavy atom. The number of hydrogen-bond donors (Lipinski definition) is 1. The van der Waals surface area contributed by atoms with Crippen LogP contribution in [0.25, 0.3) is 22.8 Å². The summed E-state index contributed by atoms with van der Waals surface area (Å²) in [7, 11) is 0. The Morgan fingerprint density at radius 2 is 1.74 bits per heavy atom. The van der Waals surface area contributed by atoms with Gasteiger partial charge in [-0.15, -0.1) is 13.2 Å². The number of hydrogen-bond acceptors (Lipinski definition) is 6. The van der Waals surface area contributed by atoms with Gasteiger partial charge in [-0.1, -0.05) is 43.3 Å². The van der Waals surface area contributed by atoms with Crippen LogP contribution in [-0.2, 0) is 12.0 Å². The Bertz CT molecular complexity index is 1380. The lowest BCUT2D eigenvalue weighted by molar-refractivity contribution is -0.274. The molecule has 2 aromatic carbocycles. The fourth-order valence-corrected chi connectivity index (χ4v) is 3.42. The molecule has 1 N–H and O–H groups in total. The summed E-state index contributed by atoms with van der Waals surface area (Å²) in [6, 6.07) is 15.7. The molecule has 4 rings (SSSR count). The first-order chi connectivity index (χ1) is 16.5. The van der Waals surface area contributed by atoms with E-state index in [0.717, 1.165) is 23.3 Å². The van der Waals surface area contributed by atoms with Crippen molar-refractivity contribution >= 4 is 0 Å². The summed E-state index contributed by atoms with van der Waals surface area (Å²) < 4.78 is 47.7. The lowest BCUT2D eigenvalue weighted by Gasteiger charge is -2.23. The summed E-state index contributed by atoms with van der Waals surface area (Å²) in [5, 5.41) is 13.5. The minimum atomic E-state index is -4.78. The predicted octanol–water partition coefficient (Wildman–Crippen LogP) is 4.78. The predicted molar refractivity (Wildman–Crippen MR) is 122 cm³/mol. The Kier molecular flexibility index (Phi) is 6.49. The van der Waals surface area contributed by atoms with Crippen molar-refractivity contribution in [3.8, 4) is 28.6 Å². The van der Waals surface area contributed by atoms with Crippen LogP contribution in [0.5, 0.6) is 5.75 Å². The fourth-order valence-electron chi connectivity index (χ4n) is 3.42. The van der Waals surface area contributed by atoms with E-state index in [4.69, 9.17) is 4.52 Å². The van der Waals surface area contributed by atoms with Crippen LogP contribution in [0, 0.1) is 0 Å². The zero-order valence-corrected chi connectivity index (χ0v) is 18.9. The van der Waals surface area contributed by atoms with Crippen LogP contribution >= 0.6 is 0 Å². The van der Waals surface area contributed by atoms with E-state index in [9.17, 15) is 23.1 Å². The summed E-state index contributed by atoms with van der Waals surface area (Å²) >= 11 is 0. The van der Waals surface area contributed by atoms with Crippen molar-refractivity contribution in [2.75, 3.05) is 6.61 Å². The molecule has 0 aliphatic heterocycles. The SMILES string of the molecule is CC(C)(CO)c1cccc(Cn2cc(-c3nc(-c4ccc(OC(F)(F)F)cc4)no3)ccc2=O)c1. The van der Waals surface area contributed by atoms with Crippen molar-refractivity contribution < 1.29 is 27.5 Å². The van der Waals surface area contributed by atoms with Gasteiger partial charge in [0.15, 0.2) is 0 Å². The third-order valence-corrected chi connectivity index (χ3v) is 5.46. The molecule has 0 amide bonds. The van der Waals surface area contributed by atoms with Crippen LogP contribution in [0.4, 0.5) is 13.2 Å². The van der Waals surface area contributed by atoms with Crippen molar-refractivity contribution in [3.63, 3.8) is 0 Å². The highest BCUT2D eigenvalue weighted by Crippen LogP contribution is 2.27. The molecule has 0 radical (unpaired) electrons. The van der Waals surface area contributed by atoms with Gasteiger partial charge in [0, 0.05) is 23.2 Å². The minimum absolute atomic E-state index is 0.0105. The van der Waals surface area contributed by atoms with Gasteiger partial charge in [0.1, 0.15) is 5.75 Å². The first-order valence-electron chi connectivity index (χ1n) is 10.7. The second kappa shape index (κ2) is 9.38. The zero-order chi connectivity index (χ0) is 25.2. The molecule has 182 valence electrons. The van der Waals surface area contributed by atoms with E-state index in [0.29, 0.717) is 17.7 Å². The van der Waals surface area contributed by atoms with Crippen LogP contribution in [0.1, 0.15) is 25.0 Å². The summed E-state index contributed by atoms with van der Waals surface area (Å²) in [6.07, 6.45) is -3.18. The molecule has 2 heterocycles. The van der Waals surface area contributed by atoms with Gasteiger partial charge in [0.2, 0.25) is 5.82 Å². The third-order valence-electron chi connectivity index (χ3n) is 5.46. The third kappa shape index (κ3) is 5.78. The summed E-state index contributed by atoms with van der Waals surface area (Å²) in [5.41, 5.74) is 2.14. The van der Waals surface area contributed by atoms with Crippen molar-refractivity contribution in [2.24, 2.45) is 0 Å². The number of aliphatic hydroxyl groups excluding tert-OH is 1. The number of pyridine rings is 1. The Morgan fingerprint density at radius 1 is 1.03 bits per heavy atom. The maximum absolute atomic E-state index is 12.5. The lowest BCUT2D eigenvalue weighted by Crippen LogP contribution is -2.23. The largest absolute Gasteiger partial charge is 0.573 e. The molecule has 4 aromatic rings. The first-order valence-corrected chi connectivity index (χ1v) is 10.7. The number of aliphatic hydroxyl groups is 1. The van der Waals surface area contributed by atoms with Crippen molar-refractivity contribution in [2.45, 2.75) is 32.2 Å². The number of ether oxygens (including phenoxy) is 1. The Hall–Kier alpha value is -3.92. The van der Waals surface area contributed by atoms with Crippen molar-refractivity contribution in [1.82, 2.24) is 14.7 Å². The van der Waals surface area contributed by atoms with E-state index in [1.807, 2.05) is 38.1 Å². The Labute approximate surface area is 198 Å². The Balaban J connectivity index is 1.56. The molecule has 35 heavy (non-hydrogen) atoms. The molecular formula is C25H22F3N3O4. The average molecular weight is 485 g/mol. The highest BCUT2D eigenvalue weighted by molar-refractivity contribution is 5.60. The quantitative estimate of drug-likeness (QED) is 0.405. The highest BCUT2D eigenvalue weighted by Gasteiger charge is 2.31. The molecule has 0 spiro atoms. The monoisotopic (exact) mass is 485 g/mol. The first kappa shape index (κ1) is 24.2. The highest BCUT2D eigenvalue weighted by atomic mass is 19.4. The number of aromatic nitrogens is 3. The number of alkyl halides is 3. The standard InChI is InChI=1S/C25H22F3N3O4/c1-24(2,15-32)19-5-3-4-16(12-19)13-31-14-18(8-11-21(31)33)23-29-22(30-35-23)17-6-9-20(10-7-17)34-25(26,27)28/h3-12,14,32H,13,15H2,1-2H3. The van der Waals surface area contributed by atoms with E-state index < -0.39 is 11.8 Å². The van der Waals surface area contributed by atoms with Gasteiger partial charge in [0.05, 0.1) is 18.7 Å². The van der Waals surface area contributed by atoms with Gasteiger partial charge in [0.25, 0.3) is 11.4 Å². The van der Waals surface area contributed by atoms with Crippen LogP contribution < -0.4 is 10.3 Å². The number of halogens is 3. The van der Waals surface area contributed by atoms with Gasteiger partial charge in [-0.3, -0.25) is 4.79 Å². The van der Waals surface area contributed by atoms with Gasteiger partial charge in [-0.2, -0.15) is 4.98 Å². The van der Waals surface area contributed by atoms with Gasteiger partial charge in [-0.25, -0.2) is 0 Å². The molecule has 0 atom stereocenters. The molecule has 0 aliphatic carbocycles. The molecular weight excluding hydrogens is 463 g/mol. The van der Waals surface area contributed by atoms with Crippen LogP contribution in [-0.4, -0.2) is 32.8 Å². The topological polar surface area (TPSA) is 90.4 Å². The maximum atomic E-state index is 12.5. The number of rotatable bonds is 7. The van der Waals surface area contributed by atoms with Crippen molar-refractivity contribution in [1.29, 1.82) is 0 Å². The molecule has 0 saturated carbocycles. The van der Waals surface area contributed by atoms with E-state index in [-0.39, 0.29) is 29.6 Å². The van der Waals surface area contributed by atoms with E-state index in [2.05, 4.69) is 14.9 Å². The van der Waals surface area contributed by atoms with Gasteiger partial charge < -0.3 is 18.9 Å². The zero-order valence-electron chi connectivity index (χ0n) is 18.9. The second-order valence-corrected chi connectivity index (χ2v) is 8.62. The van der Waals surface area contributed by atoms with E-state index >= 15 is 0 Å². The molecule has 0 fully saturated rings. The van der Waals surface area contributed by atoms with Crippen LogP contribution in [0.3, 0.4) is 0 Å². The fraction of sp³-hybridized carbons (Fsp3) is 0.240. The minimum Gasteiger partial charge on any atom is -0.406 e. The molecule has 10 heteroatoms. The van der Waals surface area contributed by atoms with Gasteiger partial charge in [-0.05, 0) is 41.5 Å². The summed E-state index contributed by atoms with van der Waals surface area (Å²) in [4.78, 5) is 16.8. The average Bonchev–Trinajstić information content (AvgIpc) is 3.30. The van der Waals surface area contributed by atoms with Crippen LogP contribution in [0.15, 0.2) is 76.2 Å². The molecule has 0 bridgehead atoms.